The van der Waals surface area contributed by atoms with Crippen LogP contribution in [-0.4, -0.2) is 55.3 Å². The number of fused-ring (bicyclic) bond motifs is 1. The molecule has 0 aromatic heterocycles. The molecule has 2 aromatic rings. The molecule has 0 unspecified atom stereocenters. The second-order valence-electron chi connectivity index (χ2n) is 7.27. The van der Waals surface area contributed by atoms with Crippen LogP contribution in [0.5, 0.6) is 0 Å². The molecule has 9 heteroatoms. The number of carbonyl (C=O) groups is 2. The highest BCUT2D eigenvalue weighted by atomic mass is 32.2. The van der Waals surface area contributed by atoms with Gasteiger partial charge in [0.05, 0.1) is 29.1 Å². The first-order valence-corrected chi connectivity index (χ1v) is 11.3. The number of para-hydroxylation sites is 1. The summed E-state index contributed by atoms with van der Waals surface area (Å²) in [6, 6.07) is 13.4. The maximum atomic E-state index is 13.2. The molecule has 0 saturated carbocycles. The van der Waals surface area contributed by atoms with Crippen LogP contribution < -0.4 is 10.3 Å². The molecule has 1 saturated heterocycles. The van der Waals surface area contributed by atoms with Gasteiger partial charge in [-0.2, -0.15) is 0 Å². The number of aliphatic hydroxyl groups is 1. The Kier molecular flexibility index (Phi) is 5.19. The van der Waals surface area contributed by atoms with Crippen molar-refractivity contribution in [1.82, 2.24) is 5.01 Å². The van der Waals surface area contributed by atoms with E-state index >= 15 is 0 Å². The Morgan fingerprint density at radius 3 is 2.23 bits per heavy atom. The minimum absolute atomic E-state index is 0.172. The topological polar surface area (TPSA) is 107 Å². The van der Waals surface area contributed by atoms with Crippen LogP contribution >= 0.6 is 0 Å². The lowest BCUT2D eigenvalue weighted by Gasteiger charge is -2.37. The van der Waals surface area contributed by atoms with Crippen molar-refractivity contribution < 1.29 is 23.1 Å². The summed E-state index contributed by atoms with van der Waals surface area (Å²) in [7, 11) is -3.33. The van der Waals surface area contributed by atoms with E-state index in [1.807, 2.05) is 0 Å². The van der Waals surface area contributed by atoms with Crippen LogP contribution in [0.2, 0.25) is 0 Å². The molecule has 2 N–H and O–H groups in total. The summed E-state index contributed by atoms with van der Waals surface area (Å²) in [6.07, 6.45) is 4.48. The van der Waals surface area contributed by atoms with Crippen LogP contribution in [-0.2, 0) is 19.4 Å². The third-order valence-electron chi connectivity index (χ3n) is 5.26. The highest BCUT2D eigenvalue weighted by Gasteiger charge is 2.53. The van der Waals surface area contributed by atoms with Crippen molar-refractivity contribution in [1.29, 1.82) is 0 Å². The lowest BCUT2D eigenvalue weighted by molar-refractivity contribution is -0.123. The van der Waals surface area contributed by atoms with E-state index in [4.69, 9.17) is 0 Å². The summed E-state index contributed by atoms with van der Waals surface area (Å²) in [5.41, 5.74) is 4.11. The summed E-state index contributed by atoms with van der Waals surface area (Å²) < 4.78 is 23.3. The number of rotatable bonds is 5. The molecule has 2 heterocycles. The van der Waals surface area contributed by atoms with Crippen LogP contribution in [0.25, 0.3) is 0 Å². The zero-order valence-corrected chi connectivity index (χ0v) is 17.0. The second-order valence-corrected chi connectivity index (χ2v) is 9.28. The fourth-order valence-electron chi connectivity index (χ4n) is 3.76. The van der Waals surface area contributed by atoms with Gasteiger partial charge < -0.3 is 10.5 Å². The van der Waals surface area contributed by atoms with Gasteiger partial charge in [-0.15, -0.1) is 0 Å². The summed E-state index contributed by atoms with van der Waals surface area (Å²) in [5.74, 6) is -1.41. The third kappa shape index (κ3) is 3.51. The maximum absolute atomic E-state index is 13.2. The van der Waals surface area contributed by atoms with Gasteiger partial charge in [0.1, 0.15) is 6.04 Å². The zero-order chi connectivity index (χ0) is 21.5. The Morgan fingerprint density at radius 1 is 0.967 bits per heavy atom. The van der Waals surface area contributed by atoms with E-state index in [0.29, 0.717) is 11.4 Å². The Morgan fingerprint density at radius 2 is 1.63 bits per heavy atom. The molecular formula is C21H21N3O5S. The van der Waals surface area contributed by atoms with Crippen molar-refractivity contribution in [3.8, 4) is 0 Å². The number of nitrogens with one attached hydrogen (secondary N) is 1. The van der Waals surface area contributed by atoms with Gasteiger partial charge in [-0.3, -0.25) is 9.59 Å². The van der Waals surface area contributed by atoms with Gasteiger partial charge in [-0.25, -0.2) is 18.3 Å². The molecule has 0 spiro atoms. The smallest absolute Gasteiger partial charge is 0.254 e. The fraction of sp³-hybridized carbons (Fsp3) is 0.238. The largest absolute Gasteiger partial charge is 0.394 e. The third-order valence-corrected chi connectivity index (χ3v) is 6.39. The second kappa shape index (κ2) is 7.67. The van der Waals surface area contributed by atoms with E-state index in [2.05, 4.69) is 5.43 Å². The molecule has 4 rings (SSSR count). The van der Waals surface area contributed by atoms with Crippen molar-refractivity contribution in [3.05, 3.63) is 66.7 Å². The number of benzene rings is 2. The van der Waals surface area contributed by atoms with Gasteiger partial charge in [0.25, 0.3) is 5.91 Å². The van der Waals surface area contributed by atoms with Gasteiger partial charge in [0, 0.05) is 11.9 Å². The molecule has 0 aliphatic carbocycles. The van der Waals surface area contributed by atoms with Gasteiger partial charge in [0.15, 0.2) is 9.84 Å². The predicted octanol–water partition coefficient (Wildman–Crippen LogP) is 1.21. The zero-order valence-electron chi connectivity index (χ0n) is 16.2. The number of amides is 2. The molecule has 2 amide bonds. The number of hydrogen-bond donors (Lipinski definition) is 2. The van der Waals surface area contributed by atoms with Crippen LogP contribution in [0.15, 0.2) is 71.6 Å². The van der Waals surface area contributed by atoms with Crippen LogP contribution in [0.1, 0.15) is 0 Å². The van der Waals surface area contributed by atoms with Crippen LogP contribution in [0.4, 0.5) is 11.4 Å². The first-order valence-electron chi connectivity index (χ1n) is 9.38. The van der Waals surface area contributed by atoms with Gasteiger partial charge in [0.2, 0.25) is 5.91 Å². The van der Waals surface area contributed by atoms with Gasteiger partial charge >= 0.3 is 0 Å². The average molecular weight is 427 g/mol. The fourth-order valence-corrected chi connectivity index (χ4v) is 4.39. The first kappa shape index (κ1) is 20.3. The summed E-state index contributed by atoms with van der Waals surface area (Å²) in [4.78, 5) is 27.5. The number of hydrazine groups is 1. The highest BCUT2D eigenvalue weighted by Crippen LogP contribution is 2.34. The minimum Gasteiger partial charge on any atom is -0.394 e. The molecular weight excluding hydrogens is 406 g/mol. The quantitative estimate of drug-likeness (QED) is 0.546. The molecule has 8 nitrogen and oxygen atoms in total. The summed E-state index contributed by atoms with van der Waals surface area (Å²) in [5, 5.41) is 11.4. The van der Waals surface area contributed by atoms with E-state index in [-0.39, 0.29) is 23.3 Å². The van der Waals surface area contributed by atoms with Crippen molar-refractivity contribution in [3.63, 3.8) is 0 Å². The van der Waals surface area contributed by atoms with E-state index in [1.165, 1.54) is 17.0 Å². The van der Waals surface area contributed by atoms with E-state index in [0.717, 1.165) is 6.26 Å². The van der Waals surface area contributed by atoms with Crippen LogP contribution in [0, 0.1) is 5.92 Å². The van der Waals surface area contributed by atoms with Crippen molar-refractivity contribution in [2.24, 2.45) is 5.92 Å². The number of nitrogens with zero attached hydrogens (tertiary/aromatic N) is 2. The van der Waals surface area contributed by atoms with Gasteiger partial charge in [-0.1, -0.05) is 30.4 Å². The maximum Gasteiger partial charge on any atom is 0.254 e. The lowest BCUT2D eigenvalue weighted by Crippen LogP contribution is -2.55. The monoisotopic (exact) mass is 427 g/mol. The van der Waals surface area contributed by atoms with E-state index in [1.54, 1.807) is 59.6 Å². The molecule has 0 bridgehead atoms. The standard InChI is InChI=1S/C21H21N3O5S/c1-30(28,29)17-10-7-14(8-11-17)22-24-16(13-25)9-12-18-19(24)21(27)23(20(18)26)15-5-3-2-4-6-15/h2-12,16,18-19,22,25H,13H2,1H3/t16-,18-,19+/m1/s1. The Labute approximate surface area is 174 Å². The van der Waals surface area contributed by atoms with E-state index in [9.17, 15) is 23.1 Å². The Bertz CT molecular complexity index is 1100. The van der Waals surface area contributed by atoms with Gasteiger partial charge in [-0.05, 0) is 36.4 Å². The summed E-state index contributed by atoms with van der Waals surface area (Å²) >= 11 is 0. The van der Waals surface area contributed by atoms with Crippen molar-refractivity contribution in [2.45, 2.75) is 17.0 Å². The molecule has 2 aromatic carbocycles. The lowest BCUT2D eigenvalue weighted by atomic mass is 9.95. The molecule has 30 heavy (non-hydrogen) atoms. The van der Waals surface area contributed by atoms with Crippen LogP contribution in [0.3, 0.4) is 0 Å². The number of hydrogen-bond acceptors (Lipinski definition) is 7. The predicted molar refractivity (Wildman–Crippen MR) is 111 cm³/mol. The average Bonchev–Trinajstić information content (AvgIpc) is 2.99. The molecule has 2 aliphatic rings. The SMILES string of the molecule is CS(=O)(=O)c1ccc(NN2[C@@H](CO)C=C[C@H]3C(=O)N(c4ccccc4)C(=O)[C@H]32)cc1. The van der Waals surface area contributed by atoms with Crippen molar-refractivity contribution >= 4 is 33.0 Å². The molecule has 2 aliphatic heterocycles. The number of anilines is 2. The highest BCUT2D eigenvalue weighted by molar-refractivity contribution is 7.90. The molecule has 0 radical (unpaired) electrons. The number of sulfone groups is 1. The Hall–Kier alpha value is -3.01. The molecule has 156 valence electrons. The first-order chi connectivity index (χ1) is 14.3. The Balaban J connectivity index is 1.66. The number of imide groups is 1. The van der Waals surface area contributed by atoms with Crippen molar-refractivity contribution in [2.75, 3.05) is 23.2 Å². The molecule has 1 fully saturated rings. The van der Waals surface area contributed by atoms with E-state index < -0.39 is 27.8 Å². The normalized spacial score (nSPS) is 24.2. The molecule has 3 atom stereocenters. The summed E-state index contributed by atoms with van der Waals surface area (Å²) in [6.45, 7) is -0.263. The number of aliphatic hydroxyl groups excluding tert-OH is 1. The number of carbonyl (C=O) groups excluding carboxylic acids is 2. The minimum atomic E-state index is -3.33.